The monoisotopic (exact) mass is 299 g/mol. The maximum absolute atomic E-state index is 13.6. The van der Waals surface area contributed by atoms with Crippen LogP contribution < -0.4 is 10.6 Å². The van der Waals surface area contributed by atoms with Gasteiger partial charge in [-0.1, -0.05) is 55.1 Å². The van der Waals surface area contributed by atoms with E-state index >= 15 is 0 Å². The first-order valence-corrected chi connectivity index (χ1v) is 7.46. The van der Waals surface area contributed by atoms with Crippen molar-refractivity contribution in [2.45, 2.75) is 0 Å². The van der Waals surface area contributed by atoms with E-state index in [-0.39, 0.29) is 5.82 Å². The first-order chi connectivity index (χ1) is 11.2. The molecular weight excluding hydrogens is 285 g/mol. The molecule has 3 aromatic carbocycles. The van der Waals surface area contributed by atoms with Crippen LogP contribution in [0.25, 0.3) is 28.6 Å². The number of fused-ring (bicyclic) bond motifs is 2. The number of halogens is 1. The summed E-state index contributed by atoms with van der Waals surface area (Å²) >= 11 is 0. The lowest BCUT2D eigenvalue weighted by Gasteiger charge is -2.08. The highest BCUT2D eigenvalue weighted by Crippen LogP contribution is 2.17. The largest absolute Gasteiger partial charge is 0.248 e. The average molecular weight is 299 g/mol. The molecule has 0 amide bonds. The third kappa shape index (κ3) is 2.38. The van der Waals surface area contributed by atoms with Gasteiger partial charge in [0.05, 0.1) is 11.1 Å². The van der Waals surface area contributed by atoms with Gasteiger partial charge in [-0.15, -0.1) is 0 Å². The third-order valence-corrected chi connectivity index (χ3v) is 4.06. The Hall–Kier alpha value is -3.00. The molecule has 0 aliphatic carbocycles. The second-order valence-corrected chi connectivity index (χ2v) is 5.53. The van der Waals surface area contributed by atoms with Gasteiger partial charge in [0, 0.05) is 16.8 Å². The van der Waals surface area contributed by atoms with Gasteiger partial charge in [0.2, 0.25) is 0 Å². The van der Waals surface area contributed by atoms with E-state index in [0.29, 0.717) is 10.9 Å². The van der Waals surface area contributed by atoms with E-state index in [0.717, 1.165) is 16.5 Å². The van der Waals surface area contributed by atoms with Crippen molar-refractivity contribution in [3.05, 3.63) is 94.8 Å². The Kier molecular flexibility index (Phi) is 3.16. The smallest absolute Gasteiger partial charge is 0.132 e. The van der Waals surface area contributed by atoms with Gasteiger partial charge in [0.1, 0.15) is 5.82 Å². The molecular formula is C21H14FN. The van der Waals surface area contributed by atoms with Gasteiger partial charge in [0.25, 0.3) is 0 Å². The van der Waals surface area contributed by atoms with Crippen LogP contribution in [0, 0.1) is 5.82 Å². The van der Waals surface area contributed by atoms with Gasteiger partial charge in [-0.05, 0) is 34.5 Å². The molecule has 0 saturated heterocycles. The lowest BCUT2D eigenvalue weighted by atomic mass is 10.0. The molecule has 110 valence electrons. The van der Waals surface area contributed by atoms with Crippen molar-refractivity contribution in [1.82, 2.24) is 0 Å². The summed E-state index contributed by atoms with van der Waals surface area (Å²) in [6.45, 7) is 3.64. The molecule has 0 aromatic heterocycles. The first-order valence-electron chi connectivity index (χ1n) is 7.46. The summed E-state index contributed by atoms with van der Waals surface area (Å²) in [4.78, 5) is 4.35. The molecule has 1 aliphatic rings. The highest BCUT2D eigenvalue weighted by Gasteiger charge is 2.09. The molecule has 1 aliphatic heterocycles. The van der Waals surface area contributed by atoms with E-state index in [1.165, 1.54) is 22.9 Å². The maximum Gasteiger partial charge on any atom is 0.132 e. The Labute approximate surface area is 133 Å². The molecule has 0 unspecified atom stereocenters. The van der Waals surface area contributed by atoms with Crippen LogP contribution in [0.15, 0.2) is 72.2 Å². The maximum atomic E-state index is 13.6. The zero-order valence-corrected chi connectivity index (χ0v) is 12.5. The summed E-state index contributed by atoms with van der Waals surface area (Å²) in [5.41, 5.74) is 2.50. The topological polar surface area (TPSA) is 12.4 Å². The number of nitrogens with zero attached hydrogens (tertiary/aromatic N) is 1. The van der Waals surface area contributed by atoms with Crippen molar-refractivity contribution in [3.8, 4) is 0 Å². The van der Waals surface area contributed by atoms with Crippen molar-refractivity contribution in [2.75, 3.05) is 0 Å². The van der Waals surface area contributed by atoms with Gasteiger partial charge in [0.15, 0.2) is 0 Å². The lowest BCUT2D eigenvalue weighted by molar-refractivity contribution is 0.622. The Bertz CT molecular complexity index is 1090. The molecule has 1 nitrogen and oxygen atoms in total. The van der Waals surface area contributed by atoms with Crippen LogP contribution in [0.4, 0.5) is 4.39 Å². The van der Waals surface area contributed by atoms with Gasteiger partial charge in [-0.3, -0.25) is 0 Å². The Morgan fingerprint density at radius 3 is 2.57 bits per heavy atom. The van der Waals surface area contributed by atoms with E-state index in [4.69, 9.17) is 0 Å². The molecule has 0 fully saturated rings. The van der Waals surface area contributed by atoms with Crippen LogP contribution in [0.2, 0.25) is 0 Å². The predicted molar refractivity (Wildman–Crippen MR) is 93.7 cm³/mol. The molecule has 0 atom stereocenters. The van der Waals surface area contributed by atoms with E-state index in [1.807, 2.05) is 24.3 Å². The molecule has 4 rings (SSSR count). The standard InChI is InChI=1S/C21H14FN/c1-2-15-12-18-20(23-21(18)13-19(15)22)10-8-14-7-9-16-5-3-4-6-17(16)11-14/h2-13H,1H2/b10-8+. The molecule has 2 heteroatoms. The quantitative estimate of drug-likeness (QED) is 0.691. The van der Waals surface area contributed by atoms with Gasteiger partial charge in [-0.2, -0.15) is 0 Å². The second-order valence-electron chi connectivity index (χ2n) is 5.53. The van der Waals surface area contributed by atoms with Crippen LogP contribution in [0.5, 0.6) is 0 Å². The van der Waals surface area contributed by atoms with Crippen molar-refractivity contribution < 1.29 is 4.39 Å². The fourth-order valence-corrected chi connectivity index (χ4v) is 2.78. The zero-order valence-electron chi connectivity index (χ0n) is 12.5. The molecule has 0 saturated carbocycles. The number of hydrogen-bond donors (Lipinski definition) is 0. The van der Waals surface area contributed by atoms with Crippen LogP contribution in [0.1, 0.15) is 11.1 Å². The summed E-state index contributed by atoms with van der Waals surface area (Å²) in [6.07, 6.45) is 5.53. The Morgan fingerprint density at radius 2 is 1.74 bits per heavy atom. The fourth-order valence-electron chi connectivity index (χ4n) is 2.78. The Balaban J connectivity index is 1.71. The summed E-state index contributed by atoms with van der Waals surface area (Å²) < 4.78 is 13.6. The fraction of sp³-hybridized carbons (Fsp3) is 0. The molecule has 0 spiro atoms. The predicted octanol–water partition coefficient (Wildman–Crippen LogP) is 4.08. The van der Waals surface area contributed by atoms with Gasteiger partial charge < -0.3 is 0 Å². The minimum absolute atomic E-state index is 0.278. The summed E-state index contributed by atoms with van der Waals surface area (Å²) in [6, 6.07) is 17.9. The summed E-state index contributed by atoms with van der Waals surface area (Å²) in [5, 5.41) is 4.10. The number of hydrogen-bond acceptors (Lipinski definition) is 1. The van der Waals surface area contributed by atoms with Gasteiger partial charge >= 0.3 is 0 Å². The second kappa shape index (κ2) is 5.33. The van der Waals surface area contributed by atoms with Crippen molar-refractivity contribution in [2.24, 2.45) is 4.99 Å². The molecule has 23 heavy (non-hydrogen) atoms. The molecule has 1 heterocycles. The van der Waals surface area contributed by atoms with Crippen LogP contribution in [-0.2, 0) is 0 Å². The Morgan fingerprint density at radius 1 is 0.913 bits per heavy atom. The van der Waals surface area contributed by atoms with E-state index in [9.17, 15) is 4.39 Å². The molecule has 3 aromatic rings. The summed E-state index contributed by atoms with van der Waals surface area (Å²) in [5.74, 6) is -0.278. The molecule has 0 radical (unpaired) electrons. The van der Waals surface area contributed by atoms with E-state index in [2.05, 4.69) is 41.9 Å². The van der Waals surface area contributed by atoms with Crippen molar-refractivity contribution >= 4 is 28.6 Å². The van der Waals surface area contributed by atoms with Gasteiger partial charge in [-0.25, -0.2) is 9.38 Å². The summed E-state index contributed by atoms with van der Waals surface area (Å²) in [7, 11) is 0. The minimum atomic E-state index is -0.278. The first kappa shape index (κ1) is 13.6. The van der Waals surface area contributed by atoms with Crippen LogP contribution in [0.3, 0.4) is 0 Å². The third-order valence-electron chi connectivity index (χ3n) is 4.06. The van der Waals surface area contributed by atoms with Crippen LogP contribution >= 0.6 is 0 Å². The lowest BCUT2D eigenvalue weighted by Crippen LogP contribution is -2.35. The van der Waals surface area contributed by atoms with Crippen molar-refractivity contribution in [3.63, 3.8) is 0 Å². The highest BCUT2D eigenvalue weighted by atomic mass is 19.1. The minimum Gasteiger partial charge on any atom is -0.248 e. The SMILES string of the molecule is C=Cc1cc2c(cc1F)=NC=2/C=C/c1ccc2ccccc2c1. The van der Waals surface area contributed by atoms with E-state index in [1.54, 1.807) is 6.07 Å². The van der Waals surface area contributed by atoms with Crippen molar-refractivity contribution in [1.29, 1.82) is 0 Å². The average Bonchev–Trinajstić information content (AvgIpc) is 2.57. The molecule has 0 N–H and O–H groups in total. The number of benzene rings is 3. The normalized spacial score (nSPS) is 12.8. The molecule has 0 bridgehead atoms. The number of rotatable bonds is 3. The van der Waals surface area contributed by atoms with E-state index < -0.39 is 0 Å². The zero-order chi connectivity index (χ0) is 15.8. The van der Waals surface area contributed by atoms with Crippen LogP contribution in [-0.4, -0.2) is 0 Å². The highest BCUT2D eigenvalue weighted by molar-refractivity contribution is 5.85.